The van der Waals surface area contributed by atoms with Gasteiger partial charge in [-0.3, -0.25) is 14.5 Å². The molecule has 0 bridgehead atoms. The summed E-state index contributed by atoms with van der Waals surface area (Å²) in [5.41, 5.74) is 1.04. The number of fused-ring (bicyclic) bond motifs is 1. The number of carbonyl (C=O) groups is 1. The minimum atomic E-state index is -3.92. The number of amides is 1. The van der Waals surface area contributed by atoms with Gasteiger partial charge in [-0.05, 0) is 36.4 Å². The van der Waals surface area contributed by atoms with Crippen LogP contribution in [0.2, 0.25) is 0 Å². The number of hydrogen-bond acceptors (Lipinski definition) is 5. The summed E-state index contributed by atoms with van der Waals surface area (Å²) in [5, 5.41) is 12.5. The molecule has 1 amide bonds. The molecule has 25 heavy (non-hydrogen) atoms. The summed E-state index contributed by atoms with van der Waals surface area (Å²) in [5.74, 6) is -0.326. The van der Waals surface area contributed by atoms with Gasteiger partial charge in [0.05, 0.1) is 21.8 Å². The van der Waals surface area contributed by atoms with Crippen LogP contribution in [0, 0.1) is 0 Å². The molecule has 3 N–H and O–H groups in total. The van der Waals surface area contributed by atoms with Crippen LogP contribution >= 0.6 is 0 Å². The van der Waals surface area contributed by atoms with Gasteiger partial charge in [0.1, 0.15) is 5.75 Å². The van der Waals surface area contributed by atoms with E-state index in [1.807, 2.05) is 0 Å². The molecule has 0 aliphatic heterocycles. The van der Waals surface area contributed by atoms with Crippen LogP contribution in [0.5, 0.6) is 5.75 Å². The Bertz CT molecular complexity index is 1060. The lowest BCUT2D eigenvalue weighted by molar-refractivity contribution is -0.114. The van der Waals surface area contributed by atoms with E-state index in [0.29, 0.717) is 16.6 Å². The van der Waals surface area contributed by atoms with Crippen LogP contribution in [-0.4, -0.2) is 24.4 Å². The van der Waals surface area contributed by atoms with E-state index < -0.39 is 10.0 Å². The molecule has 1 heterocycles. The first-order valence-corrected chi connectivity index (χ1v) is 8.82. The molecule has 0 radical (unpaired) electrons. The smallest absolute Gasteiger partial charge is 0.262 e. The lowest BCUT2D eigenvalue weighted by atomic mass is 10.2. The number of phenols is 1. The summed E-state index contributed by atoms with van der Waals surface area (Å²) in [4.78, 5) is 15.5. The number of benzene rings is 2. The average molecular weight is 357 g/mol. The van der Waals surface area contributed by atoms with Gasteiger partial charge in [0.25, 0.3) is 10.0 Å². The van der Waals surface area contributed by atoms with E-state index in [0.717, 1.165) is 0 Å². The van der Waals surface area contributed by atoms with E-state index in [9.17, 15) is 18.3 Å². The van der Waals surface area contributed by atoms with Crippen LogP contribution < -0.4 is 10.0 Å². The van der Waals surface area contributed by atoms with Crippen LogP contribution in [0.4, 0.5) is 11.4 Å². The Balaban J connectivity index is 2.10. The number of sulfonamides is 1. The second-order valence-electron chi connectivity index (χ2n) is 5.35. The Morgan fingerprint density at radius 3 is 2.64 bits per heavy atom. The third-order valence-corrected chi connectivity index (χ3v) is 4.87. The number of rotatable bonds is 4. The molecule has 3 aromatic rings. The number of anilines is 2. The van der Waals surface area contributed by atoms with Gasteiger partial charge in [0, 0.05) is 24.6 Å². The fourth-order valence-electron chi connectivity index (χ4n) is 2.45. The molecule has 0 aliphatic carbocycles. The predicted molar refractivity (Wildman–Crippen MR) is 95.0 cm³/mol. The Morgan fingerprint density at radius 2 is 1.92 bits per heavy atom. The molecule has 0 aliphatic rings. The molecular weight excluding hydrogens is 342 g/mol. The lowest BCUT2D eigenvalue weighted by Gasteiger charge is -2.13. The van der Waals surface area contributed by atoms with Gasteiger partial charge in [-0.25, -0.2) is 8.42 Å². The monoisotopic (exact) mass is 357 g/mol. The van der Waals surface area contributed by atoms with Crippen molar-refractivity contribution >= 4 is 38.2 Å². The summed E-state index contributed by atoms with van der Waals surface area (Å²) >= 11 is 0. The van der Waals surface area contributed by atoms with Crippen LogP contribution in [0.25, 0.3) is 10.9 Å². The number of aromatic hydroxyl groups is 1. The quantitative estimate of drug-likeness (QED) is 0.665. The first-order chi connectivity index (χ1) is 11.9. The predicted octanol–water partition coefficient (Wildman–Crippen LogP) is 2.70. The molecule has 0 saturated heterocycles. The van der Waals surface area contributed by atoms with Crippen LogP contribution in [0.1, 0.15) is 6.92 Å². The highest BCUT2D eigenvalue weighted by molar-refractivity contribution is 7.93. The maximum Gasteiger partial charge on any atom is 0.262 e. The topological polar surface area (TPSA) is 108 Å². The molecule has 0 atom stereocenters. The summed E-state index contributed by atoms with van der Waals surface area (Å²) in [7, 11) is -3.92. The van der Waals surface area contributed by atoms with Crippen molar-refractivity contribution < 1.29 is 18.3 Å². The first kappa shape index (κ1) is 16.7. The molecule has 0 saturated carbocycles. The summed E-state index contributed by atoms with van der Waals surface area (Å²) in [6.45, 7) is 1.36. The summed E-state index contributed by atoms with van der Waals surface area (Å²) < 4.78 is 27.9. The fraction of sp³-hybridized carbons (Fsp3) is 0.0588. The van der Waals surface area contributed by atoms with Crippen molar-refractivity contribution in [2.75, 3.05) is 10.0 Å². The number of nitrogens with zero attached hydrogens (tertiary/aromatic N) is 1. The highest BCUT2D eigenvalue weighted by Gasteiger charge is 2.20. The number of carbonyl (C=O) groups excluding carboxylic acids is 1. The normalized spacial score (nSPS) is 11.2. The maximum atomic E-state index is 12.8. The molecule has 0 spiro atoms. The second kappa shape index (κ2) is 6.40. The molecule has 128 valence electrons. The number of pyridine rings is 1. The maximum absolute atomic E-state index is 12.8. The molecule has 7 nitrogen and oxygen atoms in total. The number of hydrogen-bond donors (Lipinski definition) is 3. The minimum absolute atomic E-state index is 0.0213. The van der Waals surface area contributed by atoms with E-state index in [-0.39, 0.29) is 22.2 Å². The third kappa shape index (κ3) is 3.53. The highest BCUT2D eigenvalue weighted by atomic mass is 32.2. The minimum Gasteiger partial charge on any atom is -0.508 e. The second-order valence-corrected chi connectivity index (χ2v) is 7.00. The van der Waals surface area contributed by atoms with Gasteiger partial charge in [0.2, 0.25) is 5.91 Å². The van der Waals surface area contributed by atoms with Gasteiger partial charge in [-0.1, -0.05) is 6.07 Å². The van der Waals surface area contributed by atoms with E-state index in [1.165, 1.54) is 49.5 Å². The van der Waals surface area contributed by atoms with Crippen molar-refractivity contribution in [1.29, 1.82) is 0 Å². The van der Waals surface area contributed by atoms with Gasteiger partial charge >= 0.3 is 0 Å². The fourth-order valence-corrected chi connectivity index (χ4v) is 3.70. The Kier molecular flexibility index (Phi) is 4.28. The number of phenolic OH excluding ortho intramolecular Hbond substituents is 1. The largest absolute Gasteiger partial charge is 0.508 e. The van der Waals surface area contributed by atoms with Gasteiger partial charge in [-0.2, -0.15) is 0 Å². The molecule has 8 heteroatoms. The van der Waals surface area contributed by atoms with Gasteiger partial charge in [0.15, 0.2) is 0 Å². The highest BCUT2D eigenvalue weighted by Crippen LogP contribution is 2.29. The number of aromatic nitrogens is 1. The summed E-state index contributed by atoms with van der Waals surface area (Å²) in [6, 6.07) is 11.9. The zero-order chi connectivity index (χ0) is 18.0. The van der Waals surface area contributed by atoms with Crippen molar-refractivity contribution in [2.24, 2.45) is 0 Å². The van der Waals surface area contributed by atoms with Gasteiger partial charge in [-0.15, -0.1) is 0 Å². The molecule has 2 aromatic carbocycles. The summed E-state index contributed by atoms with van der Waals surface area (Å²) in [6.07, 6.45) is 1.52. The standard InChI is InChI=1S/C17H15N3O4S/c1-11(21)19-15-7-8-16(14-6-3-9-18-17(14)15)25(23,24)20-12-4-2-5-13(22)10-12/h2-10,20,22H,1H3,(H,19,21). The SMILES string of the molecule is CC(=O)Nc1ccc(S(=O)(=O)Nc2cccc(O)c2)c2cccnc12. The third-order valence-electron chi connectivity index (χ3n) is 3.43. The van der Waals surface area contributed by atoms with Crippen LogP contribution in [-0.2, 0) is 14.8 Å². The zero-order valence-corrected chi connectivity index (χ0v) is 14.0. The first-order valence-electron chi connectivity index (χ1n) is 7.34. The molecule has 0 unspecified atom stereocenters. The molecule has 3 rings (SSSR count). The van der Waals surface area contributed by atoms with Crippen molar-refractivity contribution in [3.05, 3.63) is 54.7 Å². The average Bonchev–Trinajstić information content (AvgIpc) is 2.54. The molecular formula is C17H15N3O4S. The van der Waals surface area contributed by atoms with E-state index in [1.54, 1.807) is 12.1 Å². The lowest BCUT2D eigenvalue weighted by Crippen LogP contribution is -2.14. The van der Waals surface area contributed by atoms with Gasteiger partial charge < -0.3 is 10.4 Å². The van der Waals surface area contributed by atoms with E-state index in [2.05, 4.69) is 15.0 Å². The number of nitrogens with one attached hydrogen (secondary N) is 2. The molecule has 0 fully saturated rings. The van der Waals surface area contributed by atoms with Crippen LogP contribution in [0.3, 0.4) is 0 Å². The van der Waals surface area contributed by atoms with Crippen molar-refractivity contribution in [3.63, 3.8) is 0 Å². The van der Waals surface area contributed by atoms with E-state index in [4.69, 9.17) is 0 Å². The zero-order valence-electron chi connectivity index (χ0n) is 13.2. The van der Waals surface area contributed by atoms with Crippen molar-refractivity contribution in [3.8, 4) is 5.75 Å². The van der Waals surface area contributed by atoms with Crippen LogP contribution in [0.15, 0.2) is 59.6 Å². The van der Waals surface area contributed by atoms with E-state index >= 15 is 0 Å². The Morgan fingerprint density at radius 1 is 1.12 bits per heavy atom. The Labute approximate surface area is 144 Å². The molecule has 1 aromatic heterocycles. The van der Waals surface area contributed by atoms with Crippen molar-refractivity contribution in [2.45, 2.75) is 11.8 Å². The van der Waals surface area contributed by atoms with Crippen molar-refractivity contribution in [1.82, 2.24) is 4.98 Å². The Hall–Kier alpha value is -3.13.